The zero-order valence-electron chi connectivity index (χ0n) is 5.84. The molecule has 12 heavy (non-hydrogen) atoms. The van der Waals surface area contributed by atoms with Crippen LogP contribution < -0.4 is 0 Å². The Morgan fingerprint density at radius 1 is 1.50 bits per heavy atom. The lowest BCUT2D eigenvalue weighted by molar-refractivity contribution is 0.108. The van der Waals surface area contributed by atoms with Crippen molar-refractivity contribution >= 4 is 32.8 Å². The van der Waals surface area contributed by atoms with E-state index >= 15 is 0 Å². The van der Waals surface area contributed by atoms with E-state index in [4.69, 9.17) is 16.9 Å². The Kier molecular flexibility index (Phi) is 2.85. The van der Waals surface area contributed by atoms with Gasteiger partial charge in [0.1, 0.15) is 0 Å². The van der Waals surface area contributed by atoms with E-state index in [-0.39, 0.29) is 0 Å². The molecule has 0 radical (unpaired) electrons. The summed E-state index contributed by atoms with van der Waals surface area (Å²) in [5.74, 6) is 0. The second kappa shape index (κ2) is 3.70. The van der Waals surface area contributed by atoms with Crippen molar-refractivity contribution in [3.05, 3.63) is 33.8 Å². The molecule has 60 valence electrons. The molecule has 0 aliphatic rings. The van der Waals surface area contributed by atoms with Crippen LogP contribution in [0, 0.1) is 11.3 Å². The average Bonchev–Trinajstić information content (AvgIpc) is 2.03. The minimum Gasteiger partial charge on any atom is -0.276 e. The summed E-state index contributed by atoms with van der Waals surface area (Å²) in [6.45, 7) is 0. The number of carbonyl (C=O) groups excluding carboxylic acids is 1. The molecule has 0 heterocycles. The number of nitriles is 1. The molecule has 0 spiro atoms. The van der Waals surface area contributed by atoms with Crippen LogP contribution in [0.4, 0.5) is 0 Å². The van der Waals surface area contributed by atoms with Gasteiger partial charge in [0.25, 0.3) is 5.24 Å². The van der Waals surface area contributed by atoms with E-state index in [9.17, 15) is 4.79 Å². The Hall–Kier alpha value is -0.850. The van der Waals surface area contributed by atoms with Crippen LogP contribution in [0.25, 0.3) is 0 Å². The van der Waals surface area contributed by atoms with Crippen LogP contribution in [-0.4, -0.2) is 5.24 Å². The van der Waals surface area contributed by atoms with Gasteiger partial charge in [0, 0.05) is 10.0 Å². The molecule has 0 aliphatic heterocycles. The molecule has 0 saturated carbocycles. The van der Waals surface area contributed by atoms with Gasteiger partial charge in [-0.25, -0.2) is 0 Å². The molecule has 4 heteroatoms. The quantitative estimate of drug-likeness (QED) is 0.713. The first-order chi connectivity index (χ1) is 5.63. The molecule has 0 unspecified atom stereocenters. The van der Waals surface area contributed by atoms with E-state index in [1.807, 2.05) is 6.07 Å². The van der Waals surface area contributed by atoms with Gasteiger partial charge >= 0.3 is 0 Å². The largest absolute Gasteiger partial charge is 0.276 e. The number of rotatable bonds is 1. The lowest BCUT2D eigenvalue weighted by Gasteiger charge is -1.95. The van der Waals surface area contributed by atoms with Crippen LogP contribution in [0.2, 0.25) is 0 Å². The van der Waals surface area contributed by atoms with Crippen LogP contribution in [0.15, 0.2) is 22.7 Å². The van der Waals surface area contributed by atoms with Gasteiger partial charge in [-0.2, -0.15) is 5.26 Å². The van der Waals surface area contributed by atoms with Crippen LogP contribution >= 0.6 is 27.5 Å². The summed E-state index contributed by atoms with van der Waals surface area (Å²) in [6, 6.07) is 6.55. The number of benzene rings is 1. The molecule has 0 aromatic heterocycles. The second-order valence-corrected chi connectivity index (χ2v) is 3.37. The SMILES string of the molecule is N#Cc1cc(Br)cc(C(=O)Cl)c1. The second-order valence-electron chi connectivity index (χ2n) is 2.11. The fourth-order valence-corrected chi connectivity index (χ4v) is 1.37. The number of nitrogens with zero attached hydrogens (tertiary/aromatic N) is 1. The fourth-order valence-electron chi connectivity index (χ4n) is 0.768. The first-order valence-electron chi connectivity index (χ1n) is 3.04. The van der Waals surface area contributed by atoms with Crippen molar-refractivity contribution in [3.8, 4) is 6.07 Å². The van der Waals surface area contributed by atoms with Crippen molar-refractivity contribution in [1.29, 1.82) is 5.26 Å². The summed E-state index contributed by atoms with van der Waals surface area (Å²) < 4.78 is 0.672. The van der Waals surface area contributed by atoms with Gasteiger partial charge in [-0.15, -0.1) is 0 Å². The molecule has 0 N–H and O–H groups in total. The summed E-state index contributed by atoms with van der Waals surface area (Å²) in [4.78, 5) is 10.7. The maximum atomic E-state index is 10.7. The first-order valence-corrected chi connectivity index (χ1v) is 4.21. The monoisotopic (exact) mass is 243 g/mol. The van der Waals surface area contributed by atoms with Crippen molar-refractivity contribution < 1.29 is 4.79 Å². The highest BCUT2D eigenvalue weighted by molar-refractivity contribution is 9.10. The van der Waals surface area contributed by atoms with E-state index in [0.717, 1.165) is 0 Å². The van der Waals surface area contributed by atoms with Crippen LogP contribution in [0.1, 0.15) is 15.9 Å². The molecular weight excluding hydrogens is 241 g/mol. The van der Waals surface area contributed by atoms with Crippen molar-refractivity contribution in [1.82, 2.24) is 0 Å². The molecule has 0 atom stereocenters. The van der Waals surface area contributed by atoms with Gasteiger partial charge < -0.3 is 0 Å². The van der Waals surface area contributed by atoms with Crippen molar-refractivity contribution in [2.75, 3.05) is 0 Å². The molecule has 1 rings (SSSR count). The molecule has 0 fully saturated rings. The smallest absolute Gasteiger partial charge is 0.252 e. The summed E-state index contributed by atoms with van der Waals surface area (Å²) >= 11 is 8.40. The molecule has 0 aliphatic carbocycles. The van der Waals surface area contributed by atoms with E-state index in [1.165, 1.54) is 6.07 Å². The maximum Gasteiger partial charge on any atom is 0.252 e. The normalized spacial score (nSPS) is 9.08. The molecule has 0 amide bonds. The zero-order valence-corrected chi connectivity index (χ0v) is 8.19. The third-order valence-corrected chi connectivity index (χ3v) is 1.93. The lowest BCUT2D eigenvalue weighted by atomic mass is 10.1. The average molecular weight is 244 g/mol. The summed E-state index contributed by atoms with van der Waals surface area (Å²) in [5.41, 5.74) is 0.732. The predicted molar refractivity (Wildman–Crippen MR) is 49.0 cm³/mol. The maximum absolute atomic E-state index is 10.7. The zero-order chi connectivity index (χ0) is 9.14. The highest BCUT2D eigenvalue weighted by atomic mass is 79.9. The van der Waals surface area contributed by atoms with Gasteiger partial charge in [-0.1, -0.05) is 15.9 Å². The Morgan fingerprint density at radius 3 is 2.67 bits per heavy atom. The predicted octanol–water partition coefficient (Wildman–Crippen LogP) is 2.70. The topological polar surface area (TPSA) is 40.9 Å². The Morgan fingerprint density at radius 2 is 2.17 bits per heavy atom. The third kappa shape index (κ3) is 2.07. The van der Waals surface area contributed by atoms with E-state index < -0.39 is 5.24 Å². The lowest BCUT2D eigenvalue weighted by Crippen LogP contribution is -1.89. The molecule has 0 saturated heterocycles. The minimum atomic E-state index is -0.562. The summed E-state index contributed by atoms with van der Waals surface area (Å²) in [6.07, 6.45) is 0. The van der Waals surface area contributed by atoms with Crippen LogP contribution in [-0.2, 0) is 0 Å². The van der Waals surface area contributed by atoms with Crippen molar-refractivity contribution in [2.24, 2.45) is 0 Å². The highest BCUT2D eigenvalue weighted by Gasteiger charge is 2.04. The number of hydrogen-bond donors (Lipinski definition) is 0. The van der Waals surface area contributed by atoms with Crippen LogP contribution in [0.5, 0.6) is 0 Å². The molecule has 1 aromatic rings. The van der Waals surface area contributed by atoms with Gasteiger partial charge in [0.2, 0.25) is 0 Å². The van der Waals surface area contributed by atoms with Gasteiger partial charge in [0.05, 0.1) is 11.6 Å². The van der Waals surface area contributed by atoms with Crippen molar-refractivity contribution in [2.45, 2.75) is 0 Å². The van der Waals surface area contributed by atoms with E-state index in [1.54, 1.807) is 12.1 Å². The number of carbonyl (C=O) groups is 1. The molecular formula is C8H3BrClNO. The Bertz CT molecular complexity index is 370. The van der Waals surface area contributed by atoms with Gasteiger partial charge in [0.15, 0.2) is 0 Å². The Balaban J connectivity index is 3.26. The summed E-state index contributed by atoms with van der Waals surface area (Å²) in [7, 11) is 0. The fraction of sp³-hybridized carbons (Fsp3) is 0. The highest BCUT2D eigenvalue weighted by Crippen LogP contribution is 2.16. The number of hydrogen-bond acceptors (Lipinski definition) is 2. The minimum absolute atomic E-state index is 0.322. The first kappa shape index (κ1) is 9.24. The third-order valence-electron chi connectivity index (χ3n) is 1.25. The van der Waals surface area contributed by atoms with Crippen LogP contribution in [0.3, 0.4) is 0 Å². The van der Waals surface area contributed by atoms with Gasteiger partial charge in [-0.3, -0.25) is 4.79 Å². The van der Waals surface area contributed by atoms with E-state index in [2.05, 4.69) is 15.9 Å². The molecule has 0 bridgehead atoms. The van der Waals surface area contributed by atoms with E-state index in [0.29, 0.717) is 15.6 Å². The Labute approximate surface area is 82.9 Å². The molecule has 1 aromatic carbocycles. The van der Waals surface area contributed by atoms with Gasteiger partial charge in [-0.05, 0) is 29.8 Å². The summed E-state index contributed by atoms with van der Waals surface area (Å²) in [5, 5.41) is 7.98. The number of halogens is 2. The van der Waals surface area contributed by atoms with Crippen molar-refractivity contribution in [3.63, 3.8) is 0 Å². The standard InChI is InChI=1S/C8H3BrClNO/c9-7-2-5(4-11)1-6(3-7)8(10)12/h1-3H. The molecule has 2 nitrogen and oxygen atoms in total.